The highest BCUT2D eigenvalue weighted by Gasteiger charge is 2.55. The molecule has 4 rings (SSSR count). The number of fused-ring (bicyclic) bond motifs is 4. The topological polar surface area (TPSA) is 46.5 Å². The van der Waals surface area contributed by atoms with Crippen molar-refractivity contribution >= 4 is 5.97 Å². The first-order valence-electron chi connectivity index (χ1n) is 9.76. The monoisotopic (exact) mass is 348 g/mol. The predicted molar refractivity (Wildman–Crippen MR) is 93.7 cm³/mol. The van der Waals surface area contributed by atoms with Gasteiger partial charge in [0.15, 0.2) is 6.67 Å². The molecule has 0 aromatic rings. The zero-order valence-electron chi connectivity index (χ0n) is 15.3. The van der Waals surface area contributed by atoms with E-state index in [1.54, 1.807) is 0 Å². The molecule has 1 N–H and O–H groups in total. The van der Waals surface area contributed by atoms with E-state index in [0.717, 1.165) is 44.9 Å². The molecule has 0 aromatic heterocycles. The number of carbonyl (C=O) groups is 1. The van der Waals surface area contributed by atoms with Crippen molar-refractivity contribution in [3.05, 3.63) is 23.0 Å². The Bertz CT molecular complexity index is 652. The Morgan fingerprint density at radius 1 is 1.36 bits per heavy atom. The van der Waals surface area contributed by atoms with Gasteiger partial charge in [0.05, 0.1) is 5.76 Å². The van der Waals surface area contributed by atoms with Crippen LogP contribution in [0.4, 0.5) is 4.39 Å². The van der Waals surface area contributed by atoms with Gasteiger partial charge in [-0.3, -0.25) is 0 Å². The van der Waals surface area contributed by atoms with E-state index in [2.05, 4.69) is 13.8 Å². The van der Waals surface area contributed by atoms with Gasteiger partial charge in [-0.15, -0.1) is 0 Å². The van der Waals surface area contributed by atoms with Crippen LogP contribution < -0.4 is 0 Å². The minimum atomic E-state index is -1.04. The van der Waals surface area contributed by atoms with Crippen molar-refractivity contribution in [1.82, 2.24) is 0 Å². The lowest BCUT2D eigenvalue weighted by Crippen LogP contribution is -2.46. The van der Waals surface area contributed by atoms with Crippen LogP contribution in [0.15, 0.2) is 23.0 Å². The Hall–Kier alpha value is -1.32. The highest BCUT2D eigenvalue weighted by Crippen LogP contribution is 2.63. The predicted octanol–water partition coefficient (Wildman–Crippen LogP) is 5.03. The number of carbonyl (C=O) groups excluding carboxylic acids is 1. The van der Waals surface area contributed by atoms with E-state index in [-0.39, 0.29) is 16.9 Å². The molecule has 138 valence electrons. The molecule has 4 heteroatoms. The molecule has 0 aromatic carbocycles. The molecule has 5 atom stereocenters. The van der Waals surface area contributed by atoms with Crippen molar-refractivity contribution in [2.75, 3.05) is 6.67 Å². The van der Waals surface area contributed by atoms with Gasteiger partial charge in [0.2, 0.25) is 0 Å². The molecule has 0 unspecified atom stereocenters. The summed E-state index contributed by atoms with van der Waals surface area (Å²) in [7, 11) is 0. The van der Waals surface area contributed by atoms with E-state index in [9.17, 15) is 14.3 Å². The zero-order valence-corrected chi connectivity index (χ0v) is 15.3. The van der Waals surface area contributed by atoms with Crippen molar-refractivity contribution in [2.45, 2.75) is 71.3 Å². The van der Waals surface area contributed by atoms with Gasteiger partial charge in [-0.25, -0.2) is 9.18 Å². The Morgan fingerprint density at radius 3 is 2.92 bits per heavy atom. The average Bonchev–Trinajstić information content (AvgIpc) is 2.92. The first kappa shape index (κ1) is 17.1. The lowest BCUT2D eigenvalue weighted by Gasteiger charge is -2.54. The van der Waals surface area contributed by atoms with Gasteiger partial charge in [-0.1, -0.05) is 25.0 Å². The number of esters is 1. The second-order valence-corrected chi connectivity index (χ2v) is 8.99. The molecule has 0 heterocycles. The lowest BCUT2D eigenvalue weighted by molar-refractivity contribution is -0.150. The summed E-state index contributed by atoms with van der Waals surface area (Å²) >= 11 is 0. The second kappa shape index (κ2) is 5.85. The zero-order chi connectivity index (χ0) is 17.8. The molecular formula is C21H29FO3. The van der Waals surface area contributed by atoms with E-state index in [1.165, 1.54) is 17.6 Å². The fraction of sp³-hybridized carbons (Fsp3) is 0.762. The third kappa shape index (κ3) is 2.47. The van der Waals surface area contributed by atoms with Crippen LogP contribution in [0.25, 0.3) is 0 Å². The quantitative estimate of drug-likeness (QED) is 0.562. The fourth-order valence-electron chi connectivity index (χ4n) is 6.47. The molecule has 2 saturated carbocycles. The summed E-state index contributed by atoms with van der Waals surface area (Å²) < 4.78 is 17.9. The van der Waals surface area contributed by atoms with Gasteiger partial charge in [-0.2, -0.15) is 0 Å². The number of hydrogen-bond acceptors (Lipinski definition) is 3. The van der Waals surface area contributed by atoms with E-state index in [4.69, 9.17) is 4.74 Å². The van der Waals surface area contributed by atoms with E-state index in [0.29, 0.717) is 17.6 Å². The maximum atomic E-state index is 12.5. The van der Waals surface area contributed by atoms with Crippen LogP contribution in [-0.2, 0) is 9.53 Å². The van der Waals surface area contributed by atoms with Crippen molar-refractivity contribution in [3.63, 3.8) is 0 Å². The number of allylic oxidation sites excluding steroid dienone is 3. The van der Waals surface area contributed by atoms with E-state index < -0.39 is 12.6 Å². The van der Waals surface area contributed by atoms with Crippen molar-refractivity contribution in [3.8, 4) is 0 Å². The van der Waals surface area contributed by atoms with Crippen LogP contribution in [0.1, 0.15) is 65.2 Å². The van der Waals surface area contributed by atoms with Crippen molar-refractivity contribution < 1.29 is 19.0 Å². The molecule has 4 aliphatic rings. The molecule has 0 amide bonds. The molecule has 0 radical (unpaired) electrons. The largest absolute Gasteiger partial charge is 0.512 e. The van der Waals surface area contributed by atoms with Crippen LogP contribution in [0.5, 0.6) is 0 Å². The molecular weight excluding hydrogens is 319 g/mol. The number of aliphatic hydroxyl groups is 1. The summed E-state index contributed by atoms with van der Waals surface area (Å²) in [6.45, 7) is 3.49. The number of ether oxygens (including phenoxy) is 1. The maximum Gasteiger partial charge on any atom is 0.337 e. The Morgan fingerprint density at radius 2 is 2.16 bits per heavy atom. The summed E-state index contributed by atoms with van der Waals surface area (Å²) in [5.74, 6) is 0.825. The number of aliphatic hydroxyl groups excluding tert-OH is 1. The summed E-state index contributed by atoms with van der Waals surface area (Å²) in [6.07, 6.45) is 9.96. The summed E-state index contributed by atoms with van der Waals surface area (Å²) in [4.78, 5) is 11.4. The second-order valence-electron chi connectivity index (χ2n) is 8.99. The Labute approximate surface area is 149 Å². The van der Waals surface area contributed by atoms with E-state index >= 15 is 0 Å². The molecule has 0 aliphatic heterocycles. The first-order chi connectivity index (χ1) is 11.9. The third-order valence-electron chi connectivity index (χ3n) is 7.78. The molecule has 4 aliphatic carbocycles. The van der Waals surface area contributed by atoms with Gasteiger partial charge < -0.3 is 9.84 Å². The third-order valence-corrected chi connectivity index (χ3v) is 7.78. The number of halogens is 1. The summed E-state index contributed by atoms with van der Waals surface area (Å²) in [5.41, 5.74) is 2.89. The molecule has 0 saturated heterocycles. The van der Waals surface area contributed by atoms with Gasteiger partial charge in [-0.05, 0) is 68.3 Å². The Balaban J connectivity index is 1.68. The average molecular weight is 348 g/mol. The molecule has 0 bridgehead atoms. The van der Waals surface area contributed by atoms with Crippen LogP contribution in [0, 0.1) is 22.7 Å². The fourth-order valence-corrected chi connectivity index (χ4v) is 6.47. The summed E-state index contributed by atoms with van der Waals surface area (Å²) in [5, 5.41) is 10.7. The van der Waals surface area contributed by atoms with Gasteiger partial charge in [0, 0.05) is 11.8 Å². The highest BCUT2D eigenvalue weighted by atomic mass is 19.1. The molecule has 2 fully saturated rings. The number of rotatable bonds is 2. The van der Waals surface area contributed by atoms with Crippen LogP contribution >= 0.6 is 0 Å². The summed E-state index contributed by atoms with van der Waals surface area (Å²) in [6, 6.07) is 0. The maximum absolute atomic E-state index is 12.5. The molecule has 25 heavy (non-hydrogen) atoms. The van der Waals surface area contributed by atoms with E-state index in [1.807, 2.05) is 6.08 Å². The minimum absolute atomic E-state index is 0.0737. The number of alkyl halides is 1. The normalized spacial score (nSPS) is 43.0. The van der Waals surface area contributed by atoms with Crippen molar-refractivity contribution in [2.24, 2.45) is 22.7 Å². The minimum Gasteiger partial charge on any atom is -0.512 e. The van der Waals surface area contributed by atoms with Crippen LogP contribution in [0.2, 0.25) is 0 Å². The first-order valence-corrected chi connectivity index (χ1v) is 9.76. The van der Waals surface area contributed by atoms with Gasteiger partial charge in [0.1, 0.15) is 6.10 Å². The standard InChI is InChI=1S/C21H29FO3/c1-20-9-8-16-15(17(20)10-14(11-20)25-19(24)12-22)7-6-13-4-3-5-18(23)21(13,16)2/h5,13-14,16,23H,3-4,6-12H2,1-2H3/t13-,14+,16-,20+,21-/m0/s1. The molecule has 3 nitrogen and oxygen atoms in total. The SMILES string of the molecule is C[C@]12CC[C@H]3C(=C1C[C@@H](OC(=O)CF)C2)CC[C@@H]1CCC=C(O)[C@@]13C. The van der Waals surface area contributed by atoms with Crippen molar-refractivity contribution in [1.29, 1.82) is 0 Å². The molecule has 0 spiro atoms. The van der Waals surface area contributed by atoms with Gasteiger partial charge >= 0.3 is 5.97 Å². The smallest absolute Gasteiger partial charge is 0.337 e. The lowest BCUT2D eigenvalue weighted by atomic mass is 9.51. The Kier molecular flexibility index (Phi) is 4.01. The van der Waals surface area contributed by atoms with Crippen LogP contribution in [0.3, 0.4) is 0 Å². The number of hydrogen-bond donors (Lipinski definition) is 1. The highest BCUT2D eigenvalue weighted by molar-refractivity contribution is 5.70. The van der Waals surface area contributed by atoms with Crippen LogP contribution in [-0.4, -0.2) is 23.9 Å². The van der Waals surface area contributed by atoms with Gasteiger partial charge in [0.25, 0.3) is 0 Å².